The molecule has 3 heteroatoms. The van der Waals surface area contributed by atoms with Gasteiger partial charge in [0, 0.05) is 6.61 Å². The summed E-state index contributed by atoms with van der Waals surface area (Å²) in [6.45, 7) is 0.995. The van der Waals surface area contributed by atoms with E-state index in [1.807, 2.05) is 18.2 Å². The molecule has 20 heavy (non-hydrogen) atoms. The molecule has 1 aromatic rings. The Labute approximate surface area is 122 Å². The van der Waals surface area contributed by atoms with E-state index in [4.69, 9.17) is 9.84 Å². The lowest BCUT2D eigenvalue weighted by Gasteiger charge is -2.08. The van der Waals surface area contributed by atoms with Gasteiger partial charge in [-0.3, -0.25) is 4.79 Å². The molecular weight excluding hydrogens is 252 g/mol. The predicted octanol–water partition coefficient (Wildman–Crippen LogP) is 3.99. The maximum atomic E-state index is 10.8. The molecule has 0 saturated heterocycles. The second-order valence-corrected chi connectivity index (χ2v) is 5.06. The van der Waals surface area contributed by atoms with E-state index in [0.717, 1.165) is 25.5 Å². The van der Waals surface area contributed by atoms with Crippen molar-refractivity contribution in [1.29, 1.82) is 0 Å². The lowest BCUT2D eigenvalue weighted by molar-refractivity contribution is 0.111. The van der Waals surface area contributed by atoms with Crippen molar-refractivity contribution >= 4 is 6.29 Å². The van der Waals surface area contributed by atoms with Gasteiger partial charge < -0.3 is 9.84 Å². The van der Waals surface area contributed by atoms with Crippen LogP contribution in [-0.2, 0) is 0 Å². The maximum Gasteiger partial charge on any atom is 0.153 e. The Kier molecular flexibility index (Phi) is 9.58. The predicted molar refractivity (Wildman–Crippen MR) is 81.3 cm³/mol. The highest BCUT2D eigenvalue weighted by Crippen LogP contribution is 2.16. The zero-order valence-electron chi connectivity index (χ0n) is 12.2. The molecule has 112 valence electrons. The van der Waals surface area contributed by atoms with Gasteiger partial charge in [-0.05, 0) is 25.0 Å². The van der Waals surface area contributed by atoms with E-state index in [1.165, 1.54) is 32.1 Å². The summed E-state index contributed by atoms with van der Waals surface area (Å²) in [4.78, 5) is 10.8. The summed E-state index contributed by atoms with van der Waals surface area (Å²) in [6.07, 6.45) is 10.1. The standard InChI is InChI=1S/C17H26O3/c18-13-9-5-3-1-2-4-6-10-14-20-17-12-8-7-11-16(17)15-19/h7-8,11-12,15,18H,1-6,9-10,13-14H2. The molecule has 1 N–H and O–H groups in total. The number of hydrogen-bond donors (Lipinski definition) is 1. The van der Waals surface area contributed by atoms with Gasteiger partial charge in [0.05, 0.1) is 12.2 Å². The van der Waals surface area contributed by atoms with E-state index >= 15 is 0 Å². The number of aldehydes is 1. The van der Waals surface area contributed by atoms with E-state index in [-0.39, 0.29) is 0 Å². The third-order valence-electron chi connectivity index (χ3n) is 3.36. The highest BCUT2D eigenvalue weighted by molar-refractivity contribution is 5.79. The summed E-state index contributed by atoms with van der Waals surface area (Å²) in [5, 5.41) is 8.66. The van der Waals surface area contributed by atoms with Crippen molar-refractivity contribution in [2.24, 2.45) is 0 Å². The SMILES string of the molecule is O=Cc1ccccc1OCCCCCCCCCCO. The Morgan fingerprint density at radius 1 is 0.900 bits per heavy atom. The highest BCUT2D eigenvalue weighted by atomic mass is 16.5. The third kappa shape index (κ3) is 7.29. The van der Waals surface area contributed by atoms with Crippen LogP contribution in [0.15, 0.2) is 24.3 Å². The second-order valence-electron chi connectivity index (χ2n) is 5.06. The summed E-state index contributed by atoms with van der Waals surface area (Å²) in [7, 11) is 0. The van der Waals surface area contributed by atoms with E-state index < -0.39 is 0 Å². The Bertz CT molecular complexity index is 363. The van der Waals surface area contributed by atoms with Crippen LogP contribution < -0.4 is 4.74 Å². The molecule has 0 aliphatic rings. The van der Waals surface area contributed by atoms with Crippen LogP contribution in [0, 0.1) is 0 Å². The van der Waals surface area contributed by atoms with Gasteiger partial charge >= 0.3 is 0 Å². The smallest absolute Gasteiger partial charge is 0.153 e. The molecule has 0 unspecified atom stereocenters. The summed E-state index contributed by atoms with van der Waals surface area (Å²) >= 11 is 0. The number of ether oxygens (including phenoxy) is 1. The lowest BCUT2D eigenvalue weighted by atomic mass is 10.1. The van der Waals surface area contributed by atoms with Gasteiger partial charge in [-0.2, -0.15) is 0 Å². The highest BCUT2D eigenvalue weighted by Gasteiger charge is 2.00. The number of aliphatic hydroxyl groups is 1. The molecular formula is C17H26O3. The van der Waals surface area contributed by atoms with Gasteiger partial charge in [-0.1, -0.05) is 50.7 Å². The van der Waals surface area contributed by atoms with Crippen LogP contribution in [0.25, 0.3) is 0 Å². The van der Waals surface area contributed by atoms with Crippen molar-refractivity contribution < 1.29 is 14.6 Å². The summed E-state index contributed by atoms with van der Waals surface area (Å²) in [5.74, 6) is 0.687. The first-order chi connectivity index (χ1) is 9.88. The molecule has 0 aliphatic carbocycles. The van der Waals surface area contributed by atoms with Crippen molar-refractivity contribution in [2.45, 2.75) is 51.4 Å². The van der Waals surface area contributed by atoms with Gasteiger partial charge in [-0.15, -0.1) is 0 Å². The lowest BCUT2D eigenvalue weighted by Crippen LogP contribution is -1.99. The van der Waals surface area contributed by atoms with E-state index in [9.17, 15) is 4.79 Å². The fourth-order valence-electron chi connectivity index (χ4n) is 2.17. The first kappa shape index (κ1) is 16.7. The fourth-order valence-corrected chi connectivity index (χ4v) is 2.17. The minimum Gasteiger partial charge on any atom is -0.493 e. The molecule has 0 bridgehead atoms. The van der Waals surface area contributed by atoms with Gasteiger partial charge in [0.1, 0.15) is 5.75 Å². The Morgan fingerprint density at radius 3 is 2.15 bits per heavy atom. The molecule has 1 rings (SSSR count). The molecule has 0 amide bonds. The van der Waals surface area contributed by atoms with Crippen molar-refractivity contribution in [3.8, 4) is 5.75 Å². The Hall–Kier alpha value is -1.35. The maximum absolute atomic E-state index is 10.8. The molecule has 0 aromatic heterocycles. The minimum atomic E-state index is 0.319. The molecule has 0 aliphatic heterocycles. The van der Waals surface area contributed by atoms with Crippen molar-refractivity contribution in [2.75, 3.05) is 13.2 Å². The summed E-state index contributed by atoms with van der Waals surface area (Å²) < 4.78 is 5.63. The normalized spacial score (nSPS) is 10.4. The third-order valence-corrected chi connectivity index (χ3v) is 3.36. The van der Waals surface area contributed by atoms with Crippen molar-refractivity contribution in [3.63, 3.8) is 0 Å². The molecule has 0 radical (unpaired) electrons. The first-order valence-electron chi connectivity index (χ1n) is 7.66. The number of carbonyl (C=O) groups excluding carboxylic acids is 1. The monoisotopic (exact) mass is 278 g/mol. The number of hydrogen-bond acceptors (Lipinski definition) is 3. The zero-order chi connectivity index (χ0) is 14.5. The fraction of sp³-hybridized carbons (Fsp3) is 0.588. The molecule has 0 heterocycles. The number of carbonyl (C=O) groups is 1. The quantitative estimate of drug-likeness (QED) is 0.464. The van der Waals surface area contributed by atoms with E-state index in [0.29, 0.717) is 24.5 Å². The number of para-hydroxylation sites is 1. The Balaban J connectivity index is 1.98. The van der Waals surface area contributed by atoms with Crippen molar-refractivity contribution in [1.82, 2.24) is 0 Å². The molecule has 0 fully saturated rings. The average molecular weight is 278 g/mol. The van der Waals surface area contributed by atoms with E-state index in [2.05, 4.69) is 0 Å². The largest absolute Gasteiger partial charge is 0.493 e. The number of rotatable bonds is 12. The van der Waals surface area contributed by atoms with Crippen LogP contribution >= 0.6 is 0 Å². The van der Waals surface area contributed by atoms with Crippen molar-refractivity contribution in [3.05, 3.63) is 29.8 Å². The van der Waals surface area contributed by atoms with E-state index in [1.54, 1.807) is 6.07 Å². The van der Waals surface area contributed by atoms with Gasteiger partial charge in [0.15, 0.2) is 6.29 Å². The Morgan fingerprint density at radius 2 is 1.50 bits per heavy atom. The average Bonchev–Trinajstić information content (AvgIpc) is 2.49. The van der Waals surface area contributed by atoms with Gasteiger partial charge in [0.25, 0.3) is 0 Å². The van der Waals surface area contributed by atoms with Crippen LogP contribution in [0.3, 0.4) is 0 Å². The minimum absolute atomic E-state index is 0.319. The van der Waals surface area contributed by atoms with Crippen LogP contribution in [0.4, 0.5) is 0 Å². The van der Waals surface area contributed by atoms with Crippen LogP contribution in [0.5, 0.6) is 5.75 Å². The molecule has 3 nitrogen and oxygen atoms in total. The van der Waals surface area contributed by atoms with Crippen LogP contribution in [-0.4, -0.2) is 24.6 Å². The molecule has 0 atom stereocenters. The molecule has 0 spiro atoms. The number of aliphatic hydroxyl groups excluding tert-OH is 1. The van der Waals surface area contributed by atoms with Crippen LogP contribution in [0.1, 0.15) is 61.7 Å². The summed E-state index contributed by atoms with van der Waals surface area (Å²) in [5.41, 5.74) is 0.622. The second kappa shape index (κ2) is 11.5. The first-order valence-corrected chi connectivity index (χ1v) is 7.66. The number of benzene rings is 1. The van der Waals surface area contributed by atoms with Gasteiger partial charge in [-0.25, -0.2) is 0 Å². The topological polar surface area (TPSA) is 46.5 Å². The number of unbranched alkanes of at least 4 members (excludes halogenated alkanes) is 7. The van der Waals surface area contributed by atoms with Crippen LogP contribution in [0.2, 0.25) is 0 Å². The zero-order valence-corrected chi connectivity index (χ0v) is 12.2. The van der Waals surface area contributed by atoms with Gasteiger partial charge in [0.2, 0.25) is 0 Å². The summed E-state index contributed by atoms with van der Waals surface area (Å²) in [6, 6.07) is 7.34. The molecule has 1 aromatic carbocycles. The molecule has 0 saturated carbocycles.